The molecule has 0 spiro atoms. The maximum Gasteiger partial charge on any atom is 0.218 e. The van der Waals surface area contributed by atoms with Crippen LogP contribution in [-0.4, -0.2) is 53.6 Å². The summed E-state index contributed by atoms with van der Waals surface area (Å²) in [4.78, 5) is 2.30. The first-order valence-corrected chi connectivity index (χ1v) is 10.4. The normalized spacial score (nSPS) is 17.0. The largest absolute Gasteiger partial charge is 0.296 e. The Balaban J connectivity index is 1.56. The molecule has 1 aromatic heterocycles. The number of sulfonamides is 1. The number of rotatable bonds is 6. The van der Waals surface area contributed by atoms with Gasteiger partial charge in [0.05, 0.1) is 11.4 Å². The molecule has 2 aromatic rings. The van der Waals surface area contributed by atoms with Gasteiger partial charge < -0.3 is 0 Å². The lowest BCUT2D eigenvalue weighted by atomic mass is 10.2. The van der Waals surface area contributed by atoms with E-state index < -0.39 is 10.0 Å². The fourth-order valence-electron chi connectivity index (χ4n) is 3.16. The number of aryl methyl sites for hydroxylation is 2. The second-order valence-corrected chi connectivity index (χ2v) is 8.48. The molecule has 7 heteroatoms. The number of nitrogens with zero attached hydrogens (tertiary/aromatic N) is 4. The van der Waals surface area contributed by atoms with Crippen molar-refractivity contribution in [2.45, 2.75) is 32.7 Å². The first kappa shape index (κ1) is 18.1. The third-order valence-electron chi connectivity index (χ3n) is 4.68. The molecule has 0 bridgehead atoms. The molecule has 0 atom stereocenters. The molecule has 1 aromatic carbocycles. The van der Waals surface area contributed by atoms with Crippen molar-refractivity contribution >= 4 is 10.0 Å². The molecule has 1 aliphatic rings. The van der Waals surface area contributed by atoms with Crippen LogP contribution in [0.3, 0.4) is 0 Å². The monoisotopic (exact) mass is 362 g/mol. The van der Waals surface area contributed by atoms with Crippen molar-refractivity contribution in [3.63, 3.8) is 0 Å². The van der Waals surface area contributed by atoms with Crippen LogP contribution in [0.4, 0.5) is 0 Å². The van der Waals surface area contributed by atoms with Gasteiger partial charge in [0.1, 0.15) is 0 Å². The third kappa shape index (κ3) is 4.48. The summed E-state index contributed by atoms with van der Waals surface area (Å²) >= 11 is 0. The van der Waals surface area contributed by atoms with Crippen LogP contribution in [0.25, 0.3) is 0 Å². The van der Waals surface area contributed by atoms with Crippen LogP contribution in [0.2, 0.25) is 0 Å². The number of benzene rings is 1. The Labute approximate surface area is 150 Å². The molecule has 1 fully saturated rings. The van der Waals surface area contributed by atoms with Crippen molar-refractivity contribution < 1.29 is 8.42 Å². The fraction of sp³-hybridized carbons (Fsp3) is 0.500. The van der Waals surface area contributed by atoms with Gasteiger partial charge >= 0.3 is 0 Å². The first-order chi connectivity index (χ1) is 12.0. The highest BCUT2D eigenvalue weighted by Gasteiger charge is 2.27. The van der Waals surface area contributed by atoms with Crippen LogP contribution in [-0.2, 0) is 28.9 Å². The second kappa shape index (κ2) is 7.68. The van der Waals surface area contributed by atoms with Crippen LogP contribution < -0.4 is 0 Å². The second-order valence-electron chi connectivity index (χ2n) is 6.51. The predicted molar refractivity (Wildman–Crippen MR) is 98.6 cm³/mol. The molecule has 0 amide bonds. The van der Waals surface area contributed by atoms with Crippen molar-refractivity contribution in [3.05, 3.63) is 53.3 Å². The van der Waals surface area contributed by atoms with Crippen molar-refractivity contribution in [2.75, 3.05) is 26.2 Å². The van der Waals surface area contributed by atoms with Gasteiger partial charge in [-0.2, -0.15) is 9.40 Å². The highest BCUT2D eigenvalue weighted by Crippen LogP contribution is 2.16. The predicted octanol–water partition coefficient (Wildman–Crippen LogP) is 1.86. The molecular weight excluding hydrogens is 336 g/mol. The number of hydrogen-bond acceptors (Lipinski definition) is 4. The van der Waals surface area contributed by atoms with E-state index in [1.807, 2.05) is 41.9 Å². The van der Waals surface area contributed by atoms with E-state index in [1.165, 1.54) is 5.56 Å². The van der Waals surface area contributed by atoms with Crippen LogP contribution in [0.15, 0.2) is 36.5 Å². The standard InChI is InChI=1S/C18H26N4O2S/c1-3-21-14-18(16(2)19-21)13-20-9-11-22(12-10-20)25(23,24)15-17-7-5-4-6-8-17/h4-8,14H,3,9-13,15H2,1-2H3. The van der Waals surface area contributed by atoms with E-state index >= 15 is 0 Å². The highest BCUT2D eigenvalue weighted by atomic mass is 32.2. The Bertz CT molecular complexity index is 794. The van der Waals surface area contributed by atoms with Gasteiger partial charge in [0.25, 0.3) is 0 Å². The van der Waals surface area contributed by atoms with Crippen LogP contribution in [0.1, 0.15) is 23.7 Å². The molecule has 0 radical (unpaired) electrons. The van der Waals surface area contributed by atoms with Gasteiger partial charge in [-0.1, -0.05) is 30.3 Å². The van der Waals surface area contributed by atoms with Crippen molar-refractivity contribution in [1.29, 1.82) is 0 Å². The lowest BCUT2D eigenvalue weighted by Crippen LogP contribution is -2.48. The summed E-state index contributed by atoms with van der Waals surface area (Å²) in [6, 6.07) is 9.38. The zero-order chi connectivity index (χ0) is 17.9. The van der Waals surface area contributed by atoms with Crippen LogP contribution >= 0.6 is 0 Å². The maximum atomic E-state index is 12.6. The smallest absolute Gasteiger partial charge is 0.218 e. The van der Waals surface area contributed by atoms with E-state index in [1.54, 1.807) is 4.31 Å². The minimum atomic E-state index is -3.25. The van der Waals surface area contributed by atoms with E-state index in [-0.39, 0.29) is 5.75 Å². The number of aromatic nitrogens is 2. The number of piperazine rings is 1. The molecular formula is C18H26N4O2S. The Hall–Kier alpha value is -1.70. The van der Waals surface area contributed by atoms with E-state index in [0.717, 1.165) is 37.4 Å². The molecule has 136 valence electrons. The van der Waals surface area contributed by atoms with E-state index in [0.29, 0.717) is 13.1 Å². The topological polar surface area (TPSA) is 58.4 Å². The molecule has 0 N–H and O–H groups in total. The van der Waals surface area contributed by atoms with Gasteiger partial charge in [-0.25, -0.2) is 8.42 Å². The number of hydrogen-bond donors (Lipinski definition) is 0. The van der Waals surface area contributed by atoms with Gasteiger partial charge in [0.15, 0.2) is 0 Å². The molecule has 0 unspecified atom stereocenters. The first-order valence-electron chi connectivity index (χ1n) is 8.75. The van der Waals surface area contributed by atoms with Crippen molar-refractivity contribution in [1.82, 2.24) is 19.0 Å². The Morgan fingerprint density at radius 1 is 1.08 bits per heavy atom. The average molecular weight is 362 g/mol. The summed E-state index contributed by atoms with van der Waals surface area (Å²) in [7, 11) is -3.25. The van der Waals surface area contributed by atoms with Gasteiger partial charge in [-0.05, 0) is 19.4 Å². The molecule has 25 heavy (non-hydrogen) atoms. The van der Waals surface area contributed by atoms with Crippen molar-refractivity contribution in [3.8, 4) is 0 Å². The lowest BCUT2D eigenvalue weighted by molar-refractivity contribution is 0.181. The summed E-state index contributed by atoms with van der Waals surface area (Å²) in [5, 5.41) is 4.48. The molecule has 6 nitrogen and oxygen atoms in total. The molecule has 0 aliphatic carbocycles. The Morgan fingerprint density at radius 2 is 1.76 bits per heavy atom. The fourth-order valence-corrected chi connectivity index (χ4v) is 4.68. The molecule has 1 aliphatic heterocycles. The summed E-state index contributed by atoms with van der Waals surface area (Å²) in [6.45, 7) is 8.42. The summed E-state index contributed by atoms with van der Waals surface area (Å²) in [5.74, 6) is 0.0796. The SMILES string of the molecule is CCn1cc(CN2CCN(S(=O)(=O)Cc3ccccc3)CC2)c(C)n1. The zero-order valence-electron chi connectivity index (χ0n) is 14.9. The minimum Gasteiger partial charge on any atom is -0.296 e. The minimum absolute atomic E-state index is 0.0796. The van der Waals surface area contributed by atoms with Gasteiger partial charge in [0, 0.05) is 51.0 Å². The van der Waals surface area contributed by atoms with E-state index in [2.05, 4.69) is 23.1 Å². The molecule has 2 heterocycles. The molecule has 0 saturated carbocycles. The summed E-state index contributed by atoms with van der Waals surface area (Å²) in [5.41, 5.74) is 3.12. The highest BCUT2D eigenvalue weighted by molar-refractivity contribution is 7.88. The lowest BCUT2D eigenvalue weighted by Gasteiger charge is -2.33. The summed E-state index contributed by atoms with van der Waals surface area (Å²) in [6.07, 6.45) is 2.09. The van der Waals surface area contributed by atoms with Crippen molar-refractivity contribution in [2.24, 2.45) is 0 Å². The quantitative estimate of drug-likeness (QED) is 0.787. The Kier molecular flexibility index (Phi) is 5.56. The van der Waals surface area contributed by atoms with Crippen LogP contribution in [0.5, 0.6) is 0 Å². The van der Waals surface area contributed by atoms with Gasteiger partial charge in [-0.15, -0.1) is 0 Å². The van der Waals surface area contributed by atoms with Gasteiger partial charge in [-0.3, -0.25) is 9.58 Å². The maximum absolute atomic E-state index is 12.6. The van der Waals surface area contributed by atoms with E-state index in [9.17, 15) is 8.42 Å². The van der Waals surface area contributed by atoms with Crippen LogP contribution in [0, 0.1) is 6.92 Å². The third-order valence-corrected chi connectivity index (χ3v) is 6.53. The van der Waals surface area contributed by atoms with E-state index in [4.69, 9.17) is 0 Å². The Morgan fingerprint density at radius 3 is 2.36 bits per heavy atom. The van der Waals surface area contributed by atoms with Gasteiger partial charge in [0.2, 0.25) is 10.0 Å². The zero-order valence-corrected chi connectivity index (χ0v) is 15.7. The summed E-state index contributed by atoms with van der Waals surface area (Å²) < 4.78 is 28.8. The average Bonchev–Trinajstić information content (AvgIpc) is 2.96. The molecule has 1 saturated heterocycles. The molecule has 3 rings (SSSR count).